The number of rotatable bonds is 2. The Kier molecular flexibility index (Phi) is 5.89. The van der Waals surface area contributed by atoms with E-state index in [0.29, 0.717) is 39.5 Å². The van der Waals surface area contributed by atoms with Gasteiger partial charge < -0.3 is 19.3 Å². The molecule has 0 aromatic rings. The van der Waals surface area contributed by atoms with E-state index in [-0.39, 0.29) is 23.7 Å². The lowest BCUT2D eigenvalue weighted by molar-refractivity contribution is -0.140. The van der Waals surface area contributed by atoms with Gasteiger partial charge in [0.05, 0.1) is 0 Å². The maximum atomic E-state index is 12.6. The van der Waals surface area contributed by atoms with Gasteiger partial charge >= 0.3 is 0 Å². The van der Waals surface area contributed by atoms with E-state index in [2.05, 4.69) is 0 Å². The van der Waals surface area contributed by atoms with Crippen LogP contribution in [0.25, 0.3) is 0 Å². The summed E-state index contributed by atoms with van der Waals surface area (Å²) in [6.45, 7) is 5.66. The third-order valence-corrected chi connectivity index (χ3v) is 5.26. The highest BCUT2D eigenvalue weighted by molar-refractivity contribution is 5.80. The molecule has 130 valence electrons. The minimum Gasteiger partial charge on any atom is -0.381 e. The normalized spacial score (nSPS) is 25.2. The third-order valence-electron chi connectivity index (χ3n) is 5.26. The molecule has 6 heteroatoms. The predicted molar refractivity (Wildman–Crippen MR) is 84.9 cm³/mol. The predicted octanol–water partition coefficient (Wildman–Crippen LogP) is 0.901. The van der Waals surface area contributed by atoms with Gasteiger partial charge in [0.25, 0.3) is 0 Å². The summed E-state index contributed by atoms with van der Waals surface area (Å²) in [5, 5.41) is 0. The summed E-state index contributed by atoms with van der Waals surface area (Å²) in [4.78, 5) is 29.2. The van der Waals surface area contributed by atoms with Crippen molar-refractivity contribution in [2.45, 2.75) is 32.1 Å². The Morgan fingerprint density at radius 3 is 1.43 bits per heavy atom. The topological polar surface area (TPSA) is 59.1 Å². The molecule has 0 aliphatic carbocycles. The molecule has 0 radical (unpaired) electrons. The highest BCUT2D eigenvalue weighted by atomic mass is 16.5. The monoisotopic (exact) mass is 324 g/mol. The largest absolute Gasteiger partial charge is 0.381 e. The zero-order chi connectivity index (χ0) is 16.1. The maximum Gasteiger partial charge on any atom is 0.225 e. The van der Waals surface area contributed by atoms with E-state index >= 15 is 0 Å². The number of hydrogen-bond donors (Lipinski definition) is 0. The van der Waals surface area contributed by atoms with Crippen molar-refractivity contribution in [2.75, 3.05) is 52.6 Å². The summed E-state index contributed by atoms with van der Waals surface area (Å²) in [6.07, 6.45) is 4.21. The molecule has 6 nitrogen and oxygen atoms in total. The summed E-state index contributed by atoms with van der Waals surface area (Å²) in [5.41, 5.74) is 0. The second-order valence-electron chi connectivity index (χ2n) is 6.78. The smallest absolute Gasteiger partial charge is 0.225 e. The maximum absolute atomic E-state index is 12.6. The highest BCUT2D eigenvalue weighted by Crippen LogP contribution is 2.21. The number of amides is 2. The summed E-state index contributed by atoms with van der Waals surface area (Å²) in [5.74, 6) is 0.741. The van der Waals surface area contributed by atoms with Gasteiger partial charge in [-0.1, -0.05) is 0 Å². The molecule has 3 aliphatic heterocycles. The van der Waals surface area contributed by atoms with E-state index < -0.39 is 0 Å². The van der Waals surface area contributed by atoms with E-state index in [1.807, 2.05) is 9.80 Å². The minimum absolute atomic E-state index is 0.112. The minimum atomic E-state index is 0.112. The lowest BCUT2D eigenvalue weighted by Gasteiger charge is -2.30. The lowest BCUT2D eigenvalue weighted by Crippen LogP contribution is -2.43. The van der Waals surface area contributed by atoms with Crippen molar-refractivity contribution >= 4 is 11.8 Å². The van der Waals surface area contributed by atoms with E-state index in [1.54, 1.807) is 0 Å². The van der Waals surface area contributed by atoms with E-state index in [4.69, 9.17) is 9.47 Å². The molecule has 0 N–H and O–H groups in total. The molecule has 3 rings (SSSR count). The van der Waals surface area contributed by atoms with Gasteiger partial charge in [0.2, 0.25) is 11.8 Å². The summed E-state index contributed by atoms with van der Waals surface area (Å²) >= 11 is 0. The van der Waals surface area contributed by atoms with Crippen LogP contribution in [0.3, 0.4) is 0 Å². The summed E-state index contributed by atoms with van der Waals surface area (Å²) in [7, 11) is 0. The Balaban J connectivity index is 1.52. The van der Waals surface area contributed by atoms with Crippen molar-refractivity contribution in [3.05, 3.63) is 0 Å². The van der Waals surface area contributed by atoms with Crippen molar-refractivity contribution in [1.29, 1.82) is 0 Å². The Hall–Kier alpha value is -1.14. The first-order valence-corrected chi connectivity index (χ1v) is 8.99. The van der Waals surface area contributed by atoms with Crippen molar-refractivity contribution in [1.82, 2.24) is 9.80 Å². The third kappa shape index (κ3) is 4.23. The summed E-state index contributed by atoms with van der Waals surface area (Å²) in [6, 6.07) is 0. The number of ether oxygens (including phenoxy) is 2. The fourth-order valence-electron chi connectivity index (χ4n) is 3.76. The van der Waals surface area contributed by atoms with Crippen LogP contribution in [0.4, 0.5) is 0 Å². The molecule has 0 spiro atoms. The molecule has 0 saturated carbocycles. The molecule has 2 amide bonds. The van der Waals surface area contributed by atoms with Gasteiger partial charge in [-0.2, -0.15) is 0 Å². The molecule has 3 aliphatic rings. The fraction of sp³-hybridized carbons (Fsp3) is 0.882. The van der Waals surface area contributed by atoms with E-state index in [9.17, 15) is 9.59 Å². The molecular weight excluding hydrogens is 296 g/mol. The van der Waals surface area contributed by atoms with Crippen LogP contribution in [-0.2, 0) is 19.1 Å². The molecule has 0 bridgehead atoms. The summed E-state index contributed by atoms with van der Waals surface area (Å²) < 4.78 is 10.7. The fourth-order valence-corrected chi connectivity index (χ4v) is 3.76. The average molecular weight is 324 g/mol. The zero-order valence-corrected chi connectivity index (χ0v) is 13.9. The molecule has 0 atom stereocenters. The van der Waals surface area contributed by atoms with E-state index in [1.165, 1.54) is 0 Å². The van der Waals surface area contributed by atoms with Crippen LogP contribution < -0.4 is 0 Å². The average Bonchev–Trinajstić information content (AvgIpc) is 2.88. The van der Waals surface area contributed by atoms with Gasteiger partial charge in [-0.15, -0.1) is 0 Å². The number of nitrogens with zero attached hydrogens (tertiary/aromatic N) is 2. The van der Waals surface area contributed by atoms with Crippen LogP contribution in [0.5, 0.6) is 0 Å². The first kappa shape index (κ1) is 16.7. The van der Waals surface area contributed by atoms with Crippen LogP contribution in [-0.4, -0.2) is 74.2 Å². The van der Waals surface area contributed by atoms with Crippen LogP contribution in [0.1, 0.15) is 32.1 Å². The second-order valence-corrected chi connectivity index (χ2v) is 6.78. The molecule has 3 fully saturated rings. The van der Waals surface area contributed by atoms with Crippen molar-refractivity contribution in [3.8, 4) is 0 Å². The Labute approximate surface area is 138 Å². The van der Waals surface area contributed by atoms with Crippen LogP contribution in [0.2, 0.25) is 0 Å². The van der Waals surface area contributed by atoms with Crippen LogP contribution in [0.15, 0.2) is 0 Å². The van der Waals surface area contributed by atoms with E-state index in [0.717, 1.165) is 45.2 Å². The first-order valence-electron chi connectivity index (χ1n) is 8.99. The molecule has 3 heterocycles. The SMILES string of the molecule is O=C(C1CCOCC1)N1CCCN(C(=O)C2CCOCC2)CC1. The van der Waals surface area contributed by atoms with Crippen molar-refractivity contribution < 1.29 is 19.1 Å². The van der Waals surface area contributed by atoms with Crippen molar-refractivity contribution in [3.63, 3.8) is 0 Å². The van der Waals surface area contributed by atoms with Crippen LogP contribution in [0, 0.1) is 11.8 Å². The standard InChI is InChI=1S/C17H28N2O4/c20-16(14-2-10-22-11-3-14)18-6-1-7-19(9-8-18)17(21)15-4-12-23-13-5-15/h14-15H,1-13H2. The first-order chi connectivity index (χ1) is 11.3. The molecule has 3 saturated heterocycles. The van der Waals surface area contributed by atoms with Crippen molar-refractivity contribution in [2.24, 2.45) is 11.8 Å². The highest BCUT2D eigenvalue weighted by Gasteiger charge is 2.31. The Bertz CT molecular complexity index is 379. The molecule has 0 unspecified atom stereocenters. The molecular formula is C17H28N2O4. The molecule has 0 aromatic heterocycles. The molecule has 0 aromatic carbocycles. The van der Waals surface area contributed by atoms with Gasteiger partial charge in [-0.25, -0.2) is 0 Å². The van der Waals surface area contributed by atoms with Crippen LogP contribution >= 0.6 is 0 Å². The van der Waals surface area contributed by atoms with Gasteiger partial charge in [-0.3, -0.25) is 9.59 Å². The number of carbonyl (C=O) groups is 2. The Morgan fingerprint density at radius 1 is 0.652 bits per heavy atom. The molecule has 23 heavy (non-hydrogen) atoms. The zero-order valence-electron chi connectivity index (χ0n) is 13.9. The number of carbonyl (C=O) groups excluding carboxylic acids is 2. The second kappa shape index (κ2) is 8.11. The quantitative estimate of drug-likeness (QED) is 0.757. The van der Waals surface area contributed by atoms with Gasteiger partial charge in [0.15, 0.2) is 0 Å². The van der Waals surface area contributed by atoms with Gasteiger partial charge in [0.1, 0.15) is 0 Å². The number of hydrogen-bond acceptors (Lipinski definition) is 4. The van der Waals surface area contributed by atoms with Gasteiger partial charge in [0, 0.05) is 64.4 Å². The lowest BCUT2D eigenvalue weighted by atomic mass is 9.98. The van der Waals surface area contributed by atoms with Gasteiger partial charge in [-0.05, 0) is 32.1 Å². The Morgan fingerprint density at radius 2 is 1.04 bits per heavy atom.